The van der Waals surface area contributed by atoms with Gasteiger partial charge in [-0.25, -0.2) is 0 Å². The average Bonchev–Trinajstić information content (AvgIpc) is 3.24. The van der Waals surface area contributed by atoms with Crippen molar-refractivity contribution in [2.75, 3.05) is 106 Å². The third-order valence-corrected chi connectivity index (χ3v) is 9.36. The number of aliphatic carboxylic acids is 1. The van der Waals surface area contributed by atoms with Gasteiger partial charge in [0.05, 0.1) is 127 Å². The summed E-state index contributed by atoms with van der Waals surface area (Å²) in [4.78, 5) is 10.3. The average molecular weight is 829 g/mol. The topological polar surface area (TPSA) is 361 Å². The van der Waals surface area contributed by atoms with Gasteiger partial charge in [0.1, 0.15) is 0 Å². The van der Waals surface area contributed by atoms with E-state index in [9.17, 15) is 4.79 Å². The van der Waals surface area contributed by atoms with Crippen LogP contribution in [-0.2, 0) is 4.79 Å². The normalized spacial score (nSPS) is 11.6. The van der Waals surface area contributed by atoms with Gasteiger partial charge in [0.2, 0.25) is 0 Å². The molecule has 0 atom stereocenters. The van der Waals surface area contributed by atoms with E-state index in [2.05, 4.69) is 6.92 Å². The SMILES string of the molecule is CCCCCCCCCCCCCCCCCC(=O)O.OCC(CO)(CO)CO.OCC(CO)(CO)CO.OCC(CO)(CO)CO.OCC(CO)(CO)CO. The number of carbonyl (C=O) groups is 1. The predicted octanol–water partition coefficient (Wildman–Crippen LogP) is -1.90. The first-order valence-corrected chi connectivity index (χ1v) is 19.7. The molecular formula is C38H84O18. The van der Waals surface area contributed by atoms with Crippen molar-refractivity contribution < 1.29 is 91.6 Å². The molecular weight excluding hydrogens is 744 g/mol. The number of hydrogen-bond acceptors (Lipinski definition) is 17. The maximum atomic E-state index is 10.3. The molecule has 0 aliphatic rings. The summed E-state index contributed by atoms with van der Waals surface area (Å²) in [6.45, 7) is -4.23. The van der Waals surface area contributed by atoms with Crippen LogP contribution in [0, 0.1) is 21.7 Å². The van der Waals surface area contributed by atoms with E-state index in [4.69, 9.17) is 86.8 Å². The minimum Gasteiger partial charge on any atom is -0.481 e. The number of unbranched alkanes of at least 4 members (excludes halogenated alkanes) is 14. The molecule has 0 aromatic carbocycles. The predicted molar refractivity (Wildman–Crippen MR) is 210 cm³/mol. The Morgan fingerprint density at radius 3 is 0.536 bits per heavy atom. The van der Waals surface area contributed by atoms with E-state index in [0.29, 0.717) is 6.42 Å². The Hall–Kier alpha value is -1.17. The van der Waals surface area contributed by atoms with Crippen LogP contribution in [0.3, 0.4) is 0 Å². The highest BCUT2D eigenvalue weighted by molar-refractivity contribution is 5.66. The highest BCUT2D eigenvalue weighted by atomic mass is 16.4. The summed E-state index contributed by atoms with van der Waals surface area (Å²) in [6.07, 6.45) is 20.2. The van der Waals surface area contributed by atoms with Crippen molar-refractivity contribution in [2.45, 2.75) is 110 Å². The van der Waals surface area contributed by atoms with Crippen LogP contribution in [0.25, 0.3) is 0 Å². The summed E-state index contributed by atoms with van der Waals surface area (Å²) in [7, 11) is 0. The second-order valence-corrected chi connectivity index (χ2v) is 14.6. The van der Waals surface area contributed by atoms with Crippen LogP contribution in [0.5, 0.6) is 0 Å². The van der Waals surface area contributed by atoms with Gasteiger partial charge >= 0.3 is 5.97 Å². The van der Waals surface area contributed by atoms with Gasteiger partial charge in [0.15, 0.2) is 0 Å². The smallest absolute Gasteiger partial charge is 0.303 e. The molecule has 344 valence electrons. The van der Waals surface area contributed by atoms with Gasteiger partial charge in [0, 0.05) is 6.42 Å². The standard InChI is InChI=1S/C18H36O2.4C5H12O4/c1-2-3-4-5-6-7-8-9-10-11-12-13-14-15-16-17-18(19)20;4*6-1-5(2-7,3-8)4-9/h2-17H2,1H3,(H,19,20);4*6-9H,1-4H2. The van der Waals surface area contributed by atoms with Gasteiger partial charge in [-0.15, -0.1) is 0 Å². The molecule has 18 nitrogen and oxygen atoms in total. The monoisotopic (exact) mass is 829 g/mol. The molecule has 17 N–H and O–H groups in total. The van der Waals surface area contributed by atoms with Crippen LogP contribution < -0.4 is 0 Å². The van der Waals surface area contributed by atoms with Crippen molar-refractivity contribution in [3.8, 4) is 0 Å². The van der Waals surface area contributed by atoms with Crippen LogP contribution >= 0.6 is 0 Å². The van der Waals surface area contributed by atoms with Gasteiger partial charge in [-0.05, 0) is 6.42 Å². The first-order chi connectivity index (χ1) is 26.7. The van der Waals surface area contributed by atoms with Gasteiger partial charge in [-0.2, -0.15) is 0 Å². The molecule has 0 aliphatic heterocycles. The summed E-state index contributed by atoms with van der Waals surface area (Å²) < 4.78 is 0. The Kier molecular flexibility index (Phi) is 51.3. The molecule has 0 unspecified atom stereocenters. The molecule has 0 fully saturated rings. The first-order valence-electron chi connectivity index (χ1n) is 19.7. The molecule has 0 saturated carbocycles. The zero-order chi connectivity index (χ0) is 44.2. The number of aliphatic hydroxyl groups excluding tert-OH is 16. The lowest BCUT2D eigenvalue weighted by Gasteiger charge is -2.23. The van der Waals surface area contributed by atoms with Crippen molar-refractivity contribution in [2.24, 2.45) is 21.7 Å². The summed E-state index contributed by atoms with van der Waals surface area (Å²) in [5.41, 5.74) is -4.44. The summed E-state index contributed by atoms with van der Waals surface area (Å²) in [6, 6.07) is 0. The molecule has 0 amide bonds. The number of rotatable bonds is 32. The van der Waals surface area contributed by atoms with Gasteiger partial charge in [-0.1, -0.05) is 96.8 Å². The highest BCUT2D eigenvalue weighted by Crippen LogP contribution is 2.15. The Bertz CT molecular complexity index is 611. The molecule has 18 heteroatoms. The molecule has 0 radical (unpaired) electrons. The fraction of sp³-hybridized carbons (Fsp3) is 0.974. The van der Waals surface area contributed by atoms with Crippen molar-refractivity contribution in [3.63, 3.8) is 0 Å². The maximum Gasteiger partial charge on any atom is 0.303 e. The van der Waals surface area contributed by atoms with Crippen LogP contribution in [0.15, 0.2) is 0 Å². The quantitative estimate of drug-likeness (QED) is 0.0329. The number of carboxylic acids is 1. The molecule has 0 aromatic rings. The van der Waals surface area contributed by atoms with Crippen LogP contribution in [-0.4, -0.2) is 198 Å². The lowest BCUT2D eigenvalue weighted by molar-refractivity contribution is -0.137. The van der Waals surface area contributed by atoms with Crippen molar-refractivity contribution in [1.82, 2.24) is 0 Å². The Balaban J connectivity index is -0.000000205. The minimum absolute atomic E-state index is 0.345. The molecule has 0 bridgehead atoms. The largest absolute Gasteiger partial charge is 0.481 e. The van der Waals surface area contributed by atoms with E-state index >= 15 is 0 Å². The van der Waals surface area contributed by atoms with Crippen molar-refractivity contribution in [3.05, 3.63) is 0 Å². The second kappa shape index (κ2) is 44.9. The lowest BCUT2D eigenvalue weighted by Crippen LogP contribution is -2.37. The second-order valence-electron chi connectivity index (χ2n) is 14.6. The molecule has 0 rings (SSSR count). The zero-order valence-electron chi connectivity index (χ0n) is 34.1. The fourth-order valence-electron chi connectivity index (χ4n) is 3.85. The van der Waals surface area contributed by atoms with E-state index in [-0.39, 0.29) is 0 Å². The Morgan fingerprint density at radius 1 is 0.286 bits per heavy atom. The summed E-state index contributed by atoms with van der Waals surface area (Å²) >= 11 is 0. The number of carboxylic acid groups (broad SMARTS) is 1. The zero-order valence-corrected chi connectivity index (χ0v) is 34.1. The Morgan fingerprint density at radius 2 is 0.429 bits per heavy atom. The van der Waals surface area contributed by atoms with E-state index < -0.39 is 133 Å². The first kappa shape index (κ1) is 64.0. The minimum atomic E-state index is -1.11. The molecule has 0 heterocycles. The van der Waals surface area contributed by atoms with E-state index in [1.54, 1.807) is 0 Å². The van der Waals surface area contributed by atoms with Crippen molar-refractivity contribution in [1.29, 1.82) is 0 Å². The third-order valence-electron chi connectivity index (χ3n) is 9.36. The van der Waals surface area contributed by atoms with Gasteiger partial charge in [0.25, 0.3) is 0 Å². The van der Waals surface area contributed by atoms with Gasteiger partial charge < -0.3 is 86.8 Å². The van der Waals surface area contributed by atoms with E-state index in [1.807, 2.05) is 0 Å². The Labute approximate surface area is 334 Å². The highest BCUT2D eigenvalue weighted by Gasteiger charge is 2.28. The summed E-state index contributed by atoms with van der Waals surface area (Å²) in [5.74, 6) is -0.653. The molecule has 0 saturated heterocycles. The molecule has 0 spiro atoms. The van der Waals surface area contributed by atoms with Crippen LogP contribution in [0.2, 0.25) is 0 Å². The van der Waals surface area contributed by atoms with Crippen LogP contribution in [0.4, 0.5) is 0 Å². The third kappa shape index (κ3) is 34.8. The lowest BCUT2D eigenvalue weighted by atomic mass is 9.93. The van der Waals surface area contributed by atoms with Gasteiger partial charge in [-0.3, -0.25) is 4.79 Å². The van der Waals surface area contributed by atoms with E-state index in [1.165, 1.54) is 83.5 Å². The van der Waals surface area contributed by atoms with Crippen molar-refractivity contribution >= 4 is 5.97 Å². The number of aliphatic hydroxyl groups is 16. The van der Waals surface area contributed by atoms with E-state index in [0.717, 1.165) is 12.8 Å². The van der Waals surface area contributed by atoms with Crippen LogP contribution in [0.1, 0.15) is 110 Å². The molecule has 0 aliphatic carbocycles. The molecule has 56 heavy (non-hydrogen) atoms. The maximum absolute atomic E-state index is 10.3. The fourth-order valence-corrected chi connectivity index (χ4v) is 3.85. The molecule has 0 aromatic heterocycles. The number of hydrogen-bond donors (Lipinski definition) is 17. The summed E-state index contributed by atoms with van der Waals surface area (Å²) in [5, 5.41) is 144.